The number of anilines is 2. The van der Waals surface area contributed by atoms with Gasteiger partial charge in [0.05, 0.1) is 0 Å². The van der Waals surface area contributed by atoms with Gasteiger partial charge in [0.25, 0.3) is 5.91 Å². The molecule has 2 aliphatic heterocycles. The fourth-order valence-electron chi connectivity index (χ4n) is 4.32. The lowest BCUT2D eigenvalue weighted by Crippen LogP contribution is -2.43. The number of nitrogens with zero attached hydrogens (tertiary/aromatic N) is 4. The molecule has 0 aliphatic carbocycles. The number of carbonyl (C=O) groups is 1. The molecule has 2 unspecified atom stereocenters. The molecule has 3 heterocycles. The maximum atomic E-state index is 12.9. The summed E-state index contributed by atoms with van der Waals surface area (Å²) < 4.78 is 0. The van der Waals surface area contributed by atoms with Gasteiger partial charge >= 0.3 is 0 Å². The molecule has 5 nitrogen and oxygen atoms in total. The minimum absolute atomic E-state index is 0.0190. The van der Waals surface area contributed by atoms with Gasteiger partial charge in [-0.2, -0.15) is 0 Å². The van der Waals surface area contributed by atoms with Gasteiger partial charge in [-0.1, -0.05) is 25.1 Å². The smallest absolute Gasteiger partial charge is 0.274 e. The lowest BCUT2D eigenvalue weighted by molar-refractivity contribution is 0.0601. The number of benzene rings is 1. The lowest BCUT2D eigenvalue weighted by atomic mass is 9.99. The Morgan fingerprint density at radius 3 is 2.77 bits per heavy atom. The van der Waals surface area contributed by atoms with Crippen LogP contribution in [-0.4, -0.2) is 39.6 Å². The number of fused-ring (bicyclic) bond motifs is 1. The molecule has 0 N–H and O–H groups in total. The van der Waals surface area contributed by atoms with Crippen molar-refractivity contribution in [2.75, 3.05) is 11.4 Å². The van der Waals surface area contributed by atoms with E-state index in [9.17, 15) is 4.79 Å². The molecule has 136 valence electrons. The maximum Gasteiger partial charge on any atom is 0.274 e. The van der Waals surface area contributed by atoms with Crippen LogP contribution >= 0.6 is 0 Å². The van der Waals surface area contributed by atoms with Gasteiger partial charge in [0, 0.05) is 24.3 Å². The van der Waals surface area contributed by atoms with Gasteiger partial charge in [0.15, 0.2) is 11.5 Å². The van der Waals surface area contributed by atoms with Crippen LogP contribution in [0, 0.1) is 0 Å². The first-order valence-corrected chi connectivity index (χ1v) is 9.71. The molecule has 0 saturated carbocycles. The first-order valence-electron chi connectivity index (χ1n) is 9.71. The molecule has 2 aromatic rings. The highest BCUT2D eigenvalue weighted by molar-refractivity contribution is 5.92. The summed E-state index contributed by atoms with van der Waals surface area (Å²) in [5, 5.41) is 8.70. The quantitative estimate of drug-likeness (QED) is 0.841. The monoisotopic (exact) mass is 350 g/mol. The van der Waals surface area contributed by atoms with Crippen molar-refractivity contribution < 1.29 is 4.79 Å². The molecule has 0 spiro atoms. The largest absolute Gasteiger partial charge is 0.334 e. The molecule has 5 heteroatoms. The Hall–Kier alpha value is -2.43. The zero-order valence-electron chi connectivity index (χ0n) is 15.6. The molecule has 1 aromatic heterocycles. The van der Waals surface area contributed by atoms with E-state index in [1.54, 1.807) is 0 Å². The Morgan fingerprint density at radius 2 is 2.00 bits per heavy atom. The zero-order valence-corrected chi connectivity index (χ0v) is 15.6. The Morgan fingerprint density at radius 1 is 1.15 bits per heavy atom. The number of para-hydroxylation sites is 1. The fraction of sp³-hybridized carbons (Fsp3) is 0.476. The predicted octanol–water partition coefficient (Wildman–Crippen LogP) is 3.96. The first-order chi connectivity index (χ1) is 12.7. The highest BCUT2D eigenvalue weighted by atomic mass is 16.2. The summed E-state index contributed by atoms with van der Waals surface area (Å²) in [6.45, 7) is 5.18. The molecule has 2 aliphatic rings. The van der Waals surface area contributed by atoms with Crippen LogP contribution in [0.1, 0.15) is 55.6 Å². The first kappa shape index (κ1) is 17.0. The molecule has 26 heavy (non-hydrogen) atoms. The van der Waals surface area contributed by atoms with Crippen molar-refractivity contribution >= 4 is 17.4 Å². The SMILES string of the molecule is CCC1CCCCN1C(=O)c1ccc(N2c3ccccc3CC2C)nn1. The van der Waals surface area contributed by atoms with Gasteiger partial charge in [0.2, 0.25) is 0 Å². The second kappa shape index (κ2) is 7.06. The summed E-state index contributed by atoms with van der Waals surface area (Å²) in [5.41, 5.74) is 2.98. The van der Waals surface area contributed by atoms with Gasteiger partial charge in [-0.3, -0.25) is 4.79 Å². The molecule has 1 saturated heterocycles. The Bertz CT molecular complexity index is 789. The summed E-state index contributed by atoms with van der Waals surface area (Å²) in [6, 6.07) is 12.9. The predicted molar refractivity (Wildman–Crippen MR) is 103 cm³/mol. The zero-order chi connectivity index (χ0) is 18.1. The summed E-state index contributed by atoms with van der Waals surface area (Å²) in [6.07, 6.45) is 5.38. The maximum absolute atomic E-state index is 12.9. The van der Waals surface area contributed by atoms with Crippen molar-refractivity contribution in [3.8, 4) is 0 Å². The van der Waals surface area contributed by atoms with Crippen LogP contribution in [0.3, 0.4) is 0 Å². The Balaban J connectivity index is 1.56. The van der Waals surface area contributed by atoms with Gasteiger partial charge in [-0.15, -0.1) is 10.2 Å². The molecular formula is C21H26N4O. The van der Waals surface area contributed by atoms with E-state index in [2.05, 4.69) is 53.2 Å². The molecule has 0 radical (unpaired) electrons. The summed E-state index contributed by atoms with van der Waals surface area (Å²) in [4.78, 5) is 17.1. The molecule has 1 fully saturated rings. The summed E-state index contributed by atoms with van der Waals surface area (Å²) in [7, 11) is 0. The van der Waals surface area contributed by atoms with E-state index in [4.69, 9.17) is 0 Å². The van der Waals surface area contributed by atoms with E-state index in [1.807, 2.05) is 17.0 Å². The van der Waals surface area contributed by atoms with Crippen molar-refractivity contribution in [2.45, 2.75) is 58.0 Å². The minimum Gasteiger partial charge on any atom is -0.334 e. The summed E-state index contributed by atoms with van der Waals surface area (Å²) >= 11 is 0. The van der Waals surface area contributed by atoms with Gasteiger partial charge in [-0.25, -0.2) is 0 Å². The van der Waals surface area contributed by atoms with Gasteiger partial charge in [0.1, 0.15) is 0 Å². The molecule has 1 amide bonds. The van der Waals surface area contributed by atoms with Crippen LogP contribution in [0.5, 0.6) is 0 Å². The number of likely N-dealkylation sites (tertiary alicyclic amines) is 1. The second-order valence-corrected chi connectivity index (χ2v) is 7.39. The van der Waals surface area contributed by atoms with Crippen molar-refractivity contribution in [1.82, 2.24) is 15.1 Å². The van der Waals surface area contributed by atoms with Crippen LogP contribution in [0.2, 0.25) is 0 Å². The molecule has 4 rings (SSSR count). The number of carbonyl (C=O) groups excluding carboxylic acids is 1. The van der Waals surface area contributed by atoms with E-state index in [0.29, 0.717) is 17.8 Å². The Labute approximate surface area is 155 Å². The number of rotatable bonds is 3. The third-order valence-corrected chi connectivity index (χ3v) is 5.68. The van der Waals surface area contributed by atoms with Crippen LogP contribution in [0.25, 0.3) is 0 Å². The highest BCUT2D eigenvalue weighted by Crippen LogP contribution is 2.36. The number of hydrogen-bond acceptors (Lipinski definition) is 4. The van der Waals surface area contributed by atoms with E-state index >= 15 is 0 Å². The van der Waals surface area contributed by atoms with E-state index < -0.39 is 0 Å². The van der Waals surface area contributed by atoms with Gasteiger partial charge in [-0.05, 0) is 62.8 Å². The van der Waals surface area contributed by atoms with Crippen molar-refractivity contribution in [2.24, 2.45) is 0 Å². The molecule has 2 atom stereocenters. The summed E-state index contributed by atoms with van der Waals surface area (Å²) in [5.74, 6) is 0.829. The van der Waals surface area contributed by atoms with E-state index in [0.717, 1.165) is 38.0 Å². The van der Waals surface area contributed by atoms with Crippen molar-refractivity contribution in [3.63, 3.8) is 0 Å². The Kier molecular flexibility index (Phi) is 4.62. The topological polar surface area (TPSA) is 49.3 Å². The number of hydrogen-bond donors (Lipinski definition) is 0. The average Bonchev–Trinajstić information content (AvgIpc) is 3.03. The number of amides is 1. The number of aromatic nitrogens is 2. The third kappa shape index (κ3) is 2.96. The minimum atomic E-state index is 0.0190. The fourth-order valence-corrected chi connectivity index (χ4v) is 4.32. The van der Waals surface area contributed by atoms with Gasteiger partial charge < -0.3 is 9.80 Å². The van der Waals surface area contributed by atoms with E-state index in [-0.39, 0.29) is 5.91 Å². The standard InChI is InChI=1S/C21H26N4O/c1-3-17-9-6-7-13-24(17)21(26)18-11-12-20(23-22-18)25-15(2)14-16-8-4-5-10-19(16)25/h4-5,8,10-12,15,17H,3,6-7,9,13-14H2,1-2H3. The molecular weight excluding hydrogens is 324 g/mol. The normalized spacial score (nSPS) is 22.4. The molecule has 0 bridgehead atoms. The lowest BCUT2D eigenvalue weighted by Gasteiger charge is -2.35. The van der Waals surface area contributed by atoms with Crippen LogP contribution < -0.4 is 4.90 Å². The van der Waals surface area contributed by atoms with E-state index in [1.165, 1.54) is 17.7 Å². The second-order valence-electron chi connectivity index (χ2n) is 7.39. The van der Waals surface area contributed by atoms with Crippen molar-refractivity contribution in [1.29, 1.82) is 0 Å². The highest BCUT2D eigenvalue weighted by Gasteiger charge is 2.30. The number of piperidine rings is 1. The third-order valence-electron chi connectivity index (χ3n) is 5.68. The van der Waals surface area contributed by atoms with Crippen molar-refractivity contribution in [3.05, 3.63) is 47.7 Å². The average molecular weight is 350 g/mol. The van der Waals surface area contributed by atoms with Crippen LogP contribution in [0.4, 0.5) is 11.5 Å². The molecule has 1 aromatic carbocycles. The van der Waals surface area contributed by atoms with Crippen LogP contribution in [-0.2, 0) is 6.42 Å². The van der Waals surface area contributed by atoms with Crippen LogP contribution in [0.15, 0.2) is 36.4 Å².